The second-order valence-electron chi connectivity index (χ2n) is 21.3. The molecule has 0 bridgehead atoms. The molecule has 0 aliphatic rings. The molecule has 6 heteroatoms. The lowest BCUT2D eigenvalue weighted by Crippen LogP contribution is -2.74. The van der Waals surface area contributed by atoms with E-state index < -0.39 is 16.1 Å². The summed E-state index contributed by atoms with van der Waals surface area (Å²) in [6.07, 6.45) is 0. The summed E-state index contributed by atoms with van der Waals surface area (Å²) in [7, 11) is -5.80. The van der Waals surface area contributed by atoms with Gasteiger partial charge in [-0.05, 0) is 114 Å². The van der Waals surface area contributed by atoms with Crippen molar-refractivity contribution in [3.8, 4) is 5.69 Å². The molecule has 0 aliphatic carbocycles. The van der Waals surface area contributed by atoms with Gasteiger partial charge in [0.2, 0.25) is 0 Å². The van der Waals surface area contributed by atoms with Crippen LogP contribution in [-0.2, 0) is 0 Å². The van der Waals surface area contributed by atoms with E-state index in [4.69, 9.17) is 11.6 Å². The molecule has 84 heavy (non-hydrogen) atoms. The van der Waals surface area contributed by atoms with Gasteiger partial charge in [-0.15, -0.1) is 0 Å². The highest BCUT2D eigenvalue weighted by Gasteiger charge is 2.43. The van der Waals surface area contributed by atoms with Crippen molar-refractivity contribution >= 4 is 125 Å². The molecule has 400 valence electrons. The number of fused-ring (bicyclic) bond motifs is 3. The standard InChI is InChI=1S/C78H58ClN3Si2/c79-78-76(80(59-29-9-1-10-30-59)60-31-11-2-12-32-60)57-63(82-74-47-27-25-45-72(74)73-46-26-28-48-75(73)82)58-77(78)81(61-49-53-70(54-50-61)83(64-33-13-3-14-34-64,65-35-15-4-16-36-65)66-37-17-5-18-38-66)62-51-55-71(56-52-62)84(67-39-19-6-20-40-67,68-41-21-7-22-42-68)69-43-23-8-24-44-69/h1-58H. The lowest BCUT2D eigenvalue weighted by Gasteiger charge is -2.36. The summed E-state index contributed by atoms with van der Waals surface area (Å²) in [6.45, 7) is 0. The Morgan fingerprint density at radius 3 is 0.750 bits per heavy atom. The van der Waals surface area contributed by atoms with E-state index in [0.717, 1.165) is 50.8 Å². The molecule has 0 saturated heterocycles. The normalized spacial score (nSPS) is 11.6. The van der Waals surface area contributed by atoms with Crippen molar-refractivity contribution in [2.75, 3.05) is 9.80 Å². The van der Waals surface area contributed by atoms with Crippen LogP contribution >= 0.6 is 11.6 Å². The number of halogens is 1. The second kappa shape index (κ2) is 22.7. The molecule has 0 amide bonds. The van der Waals surface area contributed by atoms with Crippen LogP contribution < -0.4 is 51.3 Å². The summed E-state index contributed by atoms with van der Waals surface area (Å²) in [6, 6.07) is 129. The molecule has 3 nitrogen and oxygen atoms in total. The smallest absolute Gasteiger partial charge is 0.179 e. The molecule has 14 rings (SSSR count). The molecule has 0 fully saturated rings. The number of para-hydroxylation sites is 4. The van der Waals surface area contributed by atoms with Crippen LogP contribution in [0.3, 0.4) is 0 Å². The number of hydrogen-bond acceptors (Lipinski definition) is 2. The van der Waals surface area contributed by atoms with Crippen LogP contribution in [0.4, 0.5) is 34.1 Å². The third-order valence-electron chi connectivity index (χ3n) is 16.7. The second-order valence-corrected chi connectivity index (χ2v) is 29.3. The fourth-order valence-corrected chi connectivity index (χ4v) is 22.9. The van der Waals surface area contributed by atoms with Gasteiger partial charge in [0.15, 0.2) is 16.1 Å². The highest BCUT2D eigenvalue weighted by molar-refractivity contribution is 7.20. The molecule has 0 radical (unpaired) electrons. The minimum Gasteiger partial charge on any atom is -0.309 e. The Hall–Kier alpha value is -10.0. The molecule has 0 saturated carbocycles. The largest absolute Gasteiger partial charge is 0.309 e. The van der Waals surface area contributed by atoms with Gasteiger partial charge in [0, 0.05) is 33.5 Å². The summed E-state index contributed by atoms with van der Waals surface area (Å²) in [5.41, 5.74) is 8.79. The Morgan fingerprint density at radius 2 is 0.464 bits per heavy atom. The highest BCUT2D eigenvalue weighted by Crippen LogP contribution is 2.49. The Balaban J connectivity index is 1.06. The zero-order valence-corrected chi connectivity index (χ0v) is 49.0. The summed E-state index contributed by atoms with van der Waals surface area (Å²) in [5, 5.41) is 13.4. The maximum absolute atomic E-state index is 8.38. The quantitative estimate of drug-likeness (QED) is 0.0749. The zero-order chi connectivity index (χ0) is 56.3. The fourth-order valence-electron chi connectivity index (χ4n) is 13.1. The number of benzene rings is 13. The van der Waals surface area contributed by atoms with Crippen LogP contribution in [0.5, 0.6) is 0 Å². The van der Waals surface area contributed by atoms with E-state index in [1.54, 1.807) is 0 Å². The lowest BCUT2D eigenvalue weighted by atomic mass is 10.1. The molecule has 1 heterocycles. The highest BCUT2D eigenvalue weighted by atomic mass is 35.5. The topological polar surface area (TPSA) is 11.4 Å². The molecule has 13 aromatic carbocycles. The number of hydrogen-bond donors (Lipinski definition) is 0. The van der Waals surface area contributed by atoms with Crippen molar-refractivity contribution in [1.82, 2.24) is 4.57 Å². The van der Waals surface area contributed by atoms with Gasteiger partial charge in [0.1, 0.15) is 0 Å². The van der Waals surface area contributed by atoms with Crippen molar-refractivity contribution in [2.45, 2.75) is 0 Å². The van der Waals surface area contributed by atoms with Gasteiger partial charge in [0.05, 0.1) is 33.1 Å². The lowest BCUT2D eigenvalue weighted by molar-refractivity contribution is 1.16. The molecule has 0 aliphatic heterocycles. The Morgan fingerprint density at radius 1 is 0.238 bits per heavy atom. The fraction of sp³-hybridized carbons (Fsp3) is 0. The summed E-state index contributed by atoms with van der Waals surface area (Å²) in [5.74, 6) is 0. The van der Waals surface area contributed by atoms with E-state index in [-0.39, 0.29) is 0 Å². The van der Waals surface area contributed by atoms with Gasteiger partial charge in [-0.3, -0.25) is 0 Å². The summed E-state index contributed by atoms with van der Waals surface area (Å²) in [4.78, 5) is 4.69. The number of nitrogens with zero attached hydrogens (tertiary/aromatic N) is 3. The van der Waals surface area contributed by atoms with Gasteiger partial charge >= 0.3 is 0 Å². The molecule has 0 atom stereocenters. The Labute approximate surface area is 498 Å². The molecule has 14 aromatic rings. The average Bonchev–Trinajstić information content (AvgIpc) is 4.15. The predicted molar refractivity (Wildman–Crippen MR) is 362 cm³/mol. The van der Waals surface area contributed by atoms with Crippen LogP contribution in [-0.4, -0.2) is 20.7 Å². The zero-order valence-electron chi connectivity index (χ0n) is 46.2. The van der Waals surface area contributed by atoms with Gasteiger partial charge < -0.3 is 14.4 Å². The minimum absolute atomic E-state index is 0.600. The number of anilines is 6. The van der Waals surface area contributed by atoms with Crippen LogP contribution in [0.15, 0.2) is 352 Å². The van der Waals surface area contributed by atoms with Gasteiger partial charge in [-0.25, -0.2) is 0 Å². The molecule has 0 N–H and O–H groups in total. The van der Waals surface area contributed by atoms with Gasteiger partial charge in [-0.1, -0.05) is 291 Å². The molecule has 0 spiro atoms. The van der Waals surface area contributed by atoms with Crippen LogP contribution in [0.1, 0.15) is 0 Å². The Bertz CT molecular complexity index is 4060. The molecular formula is C78H58ClN3Si2. The molecule has 1 aromatic heterocycles. The average molecular weight is 1130 g/mol. The predicted octanol–water partition coefficient (Wildman–Crippen LogP) is 15.1. The first-order valence-electron chi connectivity index (χ1n) is 28.7. The first kappa shape index (κ1) is 52.1. The van der Waals surface area contributed by atoms with Crippen LogP contribution in [0, 0.1) is 0 Å². The monoisotopic (exact) mass is 1130 g/mol. The van der Waals surface area contributed by atoms with Crippen molar-refractivity contribution in [3.05, 3.63) is 357 Å². The number of aromatic nitrogens is 1. The maximum atomic E-state index is 8.38. The van der Waals surface area contributed by atoms with Crippen molar-refractivity contribution in [1.29, 1.82) is 0 Å². The Kier molecular flexibility index (Phi) is 14.1. The minimum atomic E-state index is -2.90. The van der Waals surface area contributed by atoms with E-state index in [1.807, 2.05) is 0 Å². The van der Waals surface area contributed by atoms with E-state index >= 15 is 0 Å². The third kappa shape index (κ3) is 9.07. The van der Waals surface area contributed by atoms with E-state index in [0.29, 0.717) is 5.02 Å². The SMILES string of the molecule is Clc1c(N(c2ccccc2)c2ccccc2)cc(-n2c3ccccc3c3ccccc32)cc1N(c1ccc([Si](c2ccccc2)(c2ccccc2)c2ccccc2)cc1)c1ccc([Si](c2ccccc2)(c2ccccc2)c2ccccc2)cc1. The first-order chi connectivity index (χ1) is 41.6. The molecule has 0 unspecified atom stereocenters. The van der Waals surface area contributed by atoms with E-state index in [1.165, 1.54) is 52.3 Å². The van der Waals surface area contributed by atoms with Crippen LogP contribution in [0.2, 0.25) is 5.02 Å². The summed E-state index contributed by atoms with van der Waals surface area (Å²) < 4.78 is 2.41. The number of rotatable bonds is 15. The van der Waals surface area contributed by atoms with Crippen LogP contribution in [0.25, 0.3) is 27.5 Å². The van der Waals surface area contributed by atoms with E-state index in [2.05, 4.69) is 366 Å². The maximum Gasteiger partial charge on any atom is 0.179 e. The van der Waals surface area contributed by atoms with Gasteiger partial charge in [0.25, 0.3) is 0 Å². The van der Waals surface area contributed by atoms with Crippen molar-refractivity contribution in [3.63, 3.8) is 0 Å². The van der Waals surface area contributed by atoms with Crippen molar-refractivity contribution < 1.29 is 0 Å². The third-order valence-corrected chi connectivity index (χ3v) is 26.7. The molecular weight excluding hydrogens is 1070 g/mol. The van der Waals surface area contributed by atoms with E-state index in [9.17, 15) is 0 Å². The first-order valence-corrected chi connectivity index (χ1v) is 33.1. The summed E-state index contributed by atoms with van der Waals surface area (Å²) >= 11 is 8.38. The van der Waals surface area contributed by atoms with Gasteiger partial charge in [-0.2, -0.15) is 0 Å². The van der Waals surface area contributed by atoms with Crippen molar-refractivity contribution in [2.24, 2.45) is 0 Å².